The van der Waals surface area contributed by atoms with Crippen molar-refractivity contribution in [3.63, 3.8) is 0 Å². The predicted octanol–water partition coefficient (Wildman–Crippen LogP) is 3.04. The molecule has 0 fully saturated rings. The first kappa shape index (κ1) is 15.9. The maximum atomic E-state index is 5.97. The standard InChI is InChI=1S/C12H19BrN2.ClH/c1-12(2,14)9-15(3)8-10-5-4-6-11(13)7-10;/h4-7H,8-9,14H2,1-3H3;1H. The van der Waals surface area contributed by atoms with Crippen molar-refractivity contribution in [2.24, 2.45) is 5.73 Å². The minimum Gasteiger partial charge on any atom is -0.324 e. The molecule has 0 unspecified atom stereocenters. The molecule has 0 atom stereocenters. The van der Waals surface area contributed by atoms with E-state index in [1.54, 1.807) is 0 Å². The van der Waals surface area contributed by atoms with Crippen molar-refractivity contribution in [1.82, 2.24) is 4.90 Å². The molecule has 0 saturated carbocycles. The van der Waals surface area contributed by atoms with Crippen LogP contribution in [0.2, 0.25) is 0 Å². The molecule has 0 aliphatic rings. The lowest BCUT2D eigenvalue weighted by Gasteiger charge is -2.26. The average molecular weight is 308 g/mol. The minimum atomic E-state index is -0.138. The van der Waals surface area contributed by atoms with Gasteiger partial charge in [-0.25, -0.2) is 0 Å². The molecular formula is C12H20BrClN2. The van der Waals surface area contributed by atoms with E-state index >= 15 is 0 Å². The van der Waals surface area contributed by atoms with Crippen molar-refractivity contribution in [3.05, 3.63) is 34.3 Å². The molecule has 0 heterocycles. The highest BCUT2D eigenvalue weighted by Gasteiger charge is 2.13. The van der Waals surface area contributed by atoms with Gasteiger partial charge in [0.05, 0.1) is 0 Å². The van der Waals surface area contributed by atoms with Crippen LogP contribution in [0.1, 0.15) is 19.4 Å². The maximum absolute atomic E-state index is 5.97. The summed E-state index contributed by atoms with van der Waals surface area (Å²) in [5.74, 6) is 0. The van der Waals surface area contributed by atoms with Gasteiger partial charge in [-0.15, -0.1) is 12.4 Å². The van der Waals surface area contributed by atoms with Crippen molar-refractivity contribution >= 4 is 28.3 Å². The molecule has 1 rings (SSSR count). The molecule has 0 bridgehead atoms. The van der Waals surface area contributed by atoms with Crippen LogP contribution in [0.5, 0.6) is 0 Å². The number of rotatable bonds is 4. The minimum absolute atomic E-state index is 0. The van der Waals surface area contributed by atoms with E-state index < -0.39 is 0 Å². The van der Waals surface area contributed by atoms with E-state index in [9.17, 15) is 0 Å². The first-order chi connectivity index (χ1) is 6.87. The number of nitrogens with zero attached hydrogens (tertiary/aromatic N) is 1. The molecule has 0 aromatic heterocycles. The average Bonchev–Trinajstić information content (AvgIpc) is 1.99. The Hall–Kier alpha value is -0.0900. The Bertz CT molecular complexity index is 323. The van der Waals surface area contributed by atoms with E-state index in [-0.39, 0.29) is 17.9 Å². The lowest BCUT2D eigenvalue weighted by Crippen LogP contribution is -2.43. The Kier molecular flexibility index (Phi) is 6.56. The maximum Gasteiger partial charge on any atom is 0.0231 e. The van der Waals surface area contributed by atoms with E-state index in [1.807, 2.05) is 19.9 Å². The molecule has 0 aliphatic heterocycles. The molecule has 2 nitrogen and oxygen atoms in total. The number of nitrogens with two attached hydrogens (primary N) is 1. The second-order valence-corrected chi connectivity index (χ2v) is 5.71. The summed E-state index contributed by atoms with van der Waals surface area (Å²) in [7, 11) is 2.09. The zero-order valence-corrected chi connectivity index (χ0v) is 12.4. The molecule has 0 radical (unpaired) electrons. The van der Waals surface area contributed by atoms with Gasteiger partial charge in [0.25, 0.3) is 0 Å². The molecule has 0 amide bonds. The van der Waals surface area contributed by atoms with Crippen molar-refractivity contribution in [3.8, 4) is 0 Å². The smallest absolute Gasteiger partial charge is 0.0231 e. The van der Waals surface area contributed by atoms with Gasteiger partial charge in [-0.2, -0.15) is 0 Å². The fraction of sp³-hybridized carbons (Fsp3) is 0.500. The van der Waals surface area contributed by atoms with Gasteiger partial charge in [0, 0.05) is 23.1 Å². The second kappa shape index (κ2) is 6.60. The van der Waals surface area contributed by atoms with Crippen molar-refractivity contribution in [2.45, 2.75) is 25.9 Å². The summed E-state index contributed by atoms with van der Waals surface area (Å²) in [4.78, 5) is 2.24. The van der Waals surface area contributed by atoms with E-state index in [1.165, 1.54) is 5.56 Å². The SMILES string of the molecule is CN(Cc1cccc(Br)c1)CC(C)(C)N.Cl. The molecule has 92 valence electrons. The van der Waals surface area contributed by atoms with Crippen LogP contribution in [-0.4, -0.2) is 24.0 Å². The largest absolute Gasteiger partial charge is 0.324 e. The molecule has 0 saturated heterocycles. The Balaban J connectivity index is 0.00000225. The zero-order valence-electron chi connectivity index (χ0n) is 10.0. The van der Waals surface area contributed by atoms with E-state index in [0.717, 1.165) is 17.6 Å². The topological polar surface area (TPSA) is 29.3 Å². The second-order valence-electron chi connectivity index (χ2n) is 4.79. The van der Waals surface area contributed by atoms with Gasteiger partial charge in [0.1, 0.15) is 0 Å². The molecule has 16 heavy (non-hydrogen) atoms. The Morgan fingerprint density at radius 2 is 2.00 bits per heavy atom. The summed E-state index contributed by atoms with van der Waals surface area (Å²) in [6, 6.07) is 8.36. The van der Waals surface area contributed by atoms with Crippen LogP contribution < -0.4 is 5.73 Å². The van der Waals surface area contributed by atoms with E-state index in [0.29, 0.717) is 0 Å². The van der Waals surface area contributed by atoms with Crippen LogP contribution >= 0.6 is 28.3 Å². The van der Waals surface area contributed by atoms with Crippen molar-refractivity contribution < 1.29 is 0 Å². The van der Waals surface area contributed by atoms with Crippen LogP contribution in [0.25, 0.3) is 0 Å². The summed E-state index contributed by atoms with van der Waals surface area (Å²) >= 11 is 3.47. The third kappa shape index (κ3) is 6.48. The number of likely N-dealkylation sites (N-methyl/N-ethyl adjacent to an activating group) is 1. The Labute approximate surface area is 113 Å². The van der Waals surface area contributed by atoms with Gasteiger partial charge in [-0.05, 0) is 38.6 Å². The molecule has 0 aliphatic carbocycles. The van der Waals surface area contributed by atoms with Crippen molar-refractivity contribution in [1.29, 1.82) is 0 Å². The van der Waals surface area contributed by atoms with E-state index in [2.05, 4.69) is 46.1 Å². The fourth-order valence-corrected chi connectivity index (χ4v) is 2.15. The highest BCUT2D eigenvalue weighted by molar-refractivity contribution is 9.10. The van der Waals surface area contributed by atoms with E-state index in [4.69, 9.17) is 5.73 Å². The van der Waals surface area contributed by atoms with Crippen LogP contribution in [0.4, 0.5) is 0 Å². The normalized spacial score (nSPS) is 11.4. The van der Waals surface area contributed by atoms with Gasteiger partial charge in [-0.1, -0.05) is 28.1 Å². The first-order valence-corrected chi connectivity index (χ1v) is 5.88. The molecule has 1 aromatic rings. The van der Waals surface area contributed by atoms with Gasteiger partial charge in [-0.3, -0.25) is 0 Å². The molecular weight excluding hydrogens is 288 g/mol. The molecule has 4 heteroatoms. The van der Waals surface area contributed by atoms with Crippen LogP contribution in [0.15, 0.2) is 28.7 Å². The van der Waals surface area contributed by atoms with Gasteiger partial charge >= 0.3 is 0 Å². The highest BCUT2D eigenvalue weighted by atomic mass is 79.9. The number of hydrogen-bond acceptors (Lipinski definition) is 2. The lowest BCUT2D eigenvalue weighted by molar-refractivity contribution is 0.263. The van der Waals surface area contributed by atoms with Gasteiger partial charge < -0.3 is 10.6 Å². The summed E-state index contributed by atoms with van der Waals surface area (Å²) in [6.45, 7) is 5.91. The van der Waals surface area contributed by atoms with Crippen LogP contribution in [0.3, 0.4) is 0 Å². The van der Waals surface area contributed by atoms with Crippen molar-refractivity contribution in [2.75, 3.05) is 13.6 Å². The summed E-state index contributed by atoms with van der Waals surface area (Å²) < 4.78 is 1.13. The molecule has 0 spiro atoms. The Morgan fingerprint density at radius 3 is 2.50 bits per heavy atom. The highest BCUT2D eigenvalue weighted by Crippen LogP contribution is 2.13. The summed E-state index contributed by atoms with van der Waals surface area (Å²) in [6.07, 6.45) is 0. The zero-order chi connectivity index (χ0) is 11.5. The number of benzene rings is 1. The number of hydrogen-bond donors (Lipinski definition) is 1. The lowest BCUT2D eigenvalue weighted by atomic mass is 10.1. The quantitative estimate of drug-likeness (QED) is 0.926. The third-order valence-electron chi connectivity index (χ3n) is 2.02. The number of halogens is 2. The third-order valence-corrected chi connectivity index (χ3v) is 2.51. The van der Waals surface area contributed by atoms with Crippen LogP contribution in [0, 0.1) is 0 Å². The summed E-state index contributed by atoms with van der Waals surface area (Å²) in [5.41, 5.74) is 7.13. The van der Waals surface area contributed by atoms with Gasteiger partial charge in [0.2, 0.25) is 0 Å². The predicted molar refractivity (Wildman–Crippen MR) is 76.0 cm³/mol. The molecule has 2 N–H and O–H groups in total. The molecule has 1 aromatic carbocycles. The monoisotopic (exact) mass is 306 g/mol. The van der Waals surface area contributed by atoms with Gasteiger partial charge in [0.15, 0.2) is 0 Å². The fourth-order valence-electron chi connectivity index (χ4n) is 1.70. The Morgan fingerprint density at radius 1 is 1.38 bits per heavy atom. The van der Waals surface area contributed by atoms with Crippen LogP contribution in [-0.2, 0) is 6.54 Å². The first-order valence-electron chi connectivity index (χ1n) is 5.09. The summed E-state index contributed by atoms with van der Waals surface area (Å²) in [5, 5.41) is 0.